The van der Waals surface area contributed by atoms with E-state index in [4.69, 9.17) is 4.74 Å². The van der Waals surface area contributed by atoms with Gasteiger partial charge in [-0.05, 0) is 70.4 Å². The van der Waals surface area contributed by atoms with Gasteiger partial charge in [-0.3, -0.25) is 14.4 Å². The summed E-state index contributed by atoms with van der Waals surface area (Å²) in [6, 6.07) is 8.62. The molecule has 3 fully saturated rings. The molecule has 3 aliphatic rings. The molecular weight excluding hydrogens is 566 g/mol. The third kappa shape index (κ3) is 6.64. The van der Waals surface area contributed by atoms with Gasteiger partial charge in [-0.2, -0.15) is 0 Å². The lowest BCUT2D eigenvalue weighted by molar-refractivity contribution is -0.155. The minimum absolute atomic E-state index is 0.0404. The molecule has 5 atom stereocenters. The molecule has 1 spiro atoms. The van der Waals surface area contributed by atoms with Crippen molar-refractivity contribution in [2.75, 3.05) is 31.1 Å². The predicted octanol–water partition coefficient (Wildman–Crippen LogP) is 5.75. The highest BCUT2D eigenvalue weighted by Gasteiger charge is 2.78. The van der Waals surface area contributed by atoms with E-state index < -0.39 is 34.6 Å². The van der Waals surface area contributed by atoms with Crippen LogP contribution in [0.1, 0.15) is 86.5 Å². The quantitative estimate of drug-likeness (QED) is 0.199. The van der Waals surface area contributed by atoms with Crippen LogP contribution in [0.5, 0.6) is 0 Å². The zero-order valence-corrected chi connectivity index (χ0v) is 28.4. The lowest BCUT2D eigenvalue weighted by atomic mass is 9.65. The number of anilines is 1. The maximum atomic E-state index is 15.0. The number of hydrogen-bond acceptors (Lipinski definition) is 5. The number of likely N-dealkylation sites (tertiary alicyclic amines) is 1. The molecule has 45 heavy (non-hydrogen) atoms. The number of unbranched alkanes of at least 4 members (excludes halogenated alkanes) is 3. The van der Waals surface area contributed by atoms with Crippen LogP contribution in [0.15, 0.2) is 55.6 Å². The van der Waals surface area contributed by atoms with Crippen LogP contribution in [0.4, 0.5) is 5.69 Å². The van der Waals surface area contributed by atoms with E-state index in [-0.39, 0.29) is 29.7 Å². The molecule has 4 rings (SSSR count). The number of carbonyl (C=O) groups excluding carboxylic acids is 3. The second kappa shape index (κ2) is 13.4. The molecule has 248 valence electrons. The molecule has 3 heterocycles. The molecule has 8 heteroatoms. The van der Waals surface area contributed by atoms with Gasteiger partial charge in [-0.15, -0.1) is 13.2 Å². The summed E-state index contributed by atoms with van der Waals surface area (Å²) < 4.78 is 6.95. The van der Waals surface area contributed by atoms with Gasteiger partial charge < -0.3 is 24.5 Å². The van der Waals surface area contributed by atoms with Crippen LogP contribution in [0, 0.1) is 17.3 Å². The van der Waals surface area contributed by atoms with E-state index in [2.05, 4.69) is 47.8 Å². The van der Waals surface area contributed by atoms with Crippen molar-refractivity contribution in [1.82, 2.24) is 9.80 Å². The largest absolute Gasteiger partial charge is 0.396 e. The average Bonchev–Trinajstić information content (AvgIpc) is 3.53. The number of ether oxygens (including phenoxy) is 1. The monoisotopic (exact) mass is 621 g/mol. The molecule has 1 N–H and O–H groups in total. The second-order valence-electron chi connectivity index (χ2n) is 15.3. The summed E-state index contributed by atoms with van der Waals surface area (Å²) in [7, 11) is 0. The summed E-state index contributed by atoms with van der Waals surface area (Å²) in [4.78, 5) is 49.5. The Labute approximate surface area is 270 Å². The first-order chi connectivity index (χ1) is 21.2. The summed E-state index contributed by atoms with van der Waals surface area (Å²) in [5.74, 6) is -1.98. The molecule has 0 saturated carbocycles. The van der Waals surface area contributed by atoms with Gasteiger partial charge in [-0.1, -0.05) is 64.0 Å². The molecule has 3 aliphatic heterocycles. The van der Waals surface area contributed by atoms with Crippen LogP contribution >= 0.6 is 0 Å². The number of rotatable bonds is 15. The summed E-state index contributed by atoms with van der Waals surface area (Å²) in [6.07, 6.45) is 8.41. The number of nitrogens with zero attached hydrogens (tertiary/aromatic N) is 3. The van der Waals surface area contributed by atoms with Crippen LogP contribution in [0.2, 0.25) is 0 Å². The maximum absolute atomic E-state index is 15.0. The number of para-hydroxylation sites is 1. The molecule has 2 unspecified atom stereocenters. The number of fused-ring (bicyclic) bond motifs is 1. The Morgan fingerprint density at radius 1 is 1.00 bits per heavy atom. The van der Waals surface area contributed by atoms with Gasteiger partial charge in [0.05, 0.1) is 17.4 Å². The zero-order valence-electron chi connectivity index (χ0n) is 28.4. The van der Waals surface area contributed by atoms with E-state index in [1.54, 1.807) is 22.0 Å². The smallest absolute Gasteiger partial charge is 0.249 e. The Morgan fingerprint density at radius 3 is 2.24 bits per heavy atom. The normalized spacial score (nSPS) is 27.4. The van der Waals surface area contributed by atoms with Crippen molar-refractivity contribution in [3.05, 3.63) is 55.6 Å². The molecular formula is C37H55N3O5. The number of hydrogen-bond donors (Lipinski definition) is 1. The molecule has 0 aromatic heterocycles. The van der Waals surface area contributed by atoms with Crippen LogP contribution in [-0.4, -0.2) is 81.7 Å². The first-order valence-corrected chi connectivity index (χ1v) is 16.7. The van der Waals surface area contributed by atoms with Crippen molar-refractivity contribution < 1.29 is 24.2 Å². The lowest BCUT2D eigenvalue weighted by Crippen LogP contribution is -2.61. The minimum Gasteiger partial charge on any atom is -0.396 e. The van der Waals surface area contributed by atoms with E-state index in [0.29, 0.717) is 45.3 Å². The summed E-state index contributed by atoms with van der Waals surface area (Å²) in [6.45, 7) is 21.6. The van der Waals surface area contributed by atoms with E-state index >= 15 is 0 Å². The molecule has 1 aromatic rings. The lowest BCUT2D eigenvalue weighted by Gasteiger charge is -2.45. The first kappa shape index (κ1) is 34.9. The number of amides is 3. The maximum Gasteiger partial charge on any atom is 0.249 e. The van der Waals surface area contributed by atoms with Crippen molar-refractivity contribution >= 4 is 23.4 Å². The summed E-state index contributed by atoms with van der Waals surface area (Å²) in [5, 5.41) is 9.27. The Kier molecular flexibility index (Phi) is 10.4. The number of carbonyl (C=O) groups is 3. The Balaban J connectivity index is 1.78. The molecule has 3 amide bonds. The van der Waals surface area contributed by atoms with Crippen LogP contribution < -0.4 is 4.90 Å². The van der Waals surface area contributed by atoms with Gasteiger partial charge in [0.1, 0.15) is 11.6 Å². The number of aliphatic hydroxyl groups is 1. The Hall–Kier alpha value is -2.97. The van der Waals surface area contributed by atoms with Gasteiger partial charge in [0.15, 0.2) is 0 Å². The summed E-state index contributed by atoms with van der Waals surface area (Å²) >= 11 is 0. The number of aliphatic hydroxyl groups excluding tert-OH is 1. The van der Waals surface area contributed by atoms with Gasteiger partial charge in [0, 0.05) is 37.5 Å². The van der Waals surface area contributed by atoms with Crippen molar-refractivity contribution in [3.63, 3.8) is 0 Å². The topological polar surface area (TPSA) is 90.4 Å². The van der Waals surface area contributed by atoms with Crippen LogP contribution in [0.3, 0.4) is 0 Å². The SMILES string of the molecule is C=CCN(C(=O)[C@@H]1[C@H]2C(=O)N(CCCCCCO)C(C(=O)N(CC=C)C(C)(C)CC(C)(C)C)C23CC[C@@]1(C)O3)c1ccccc1. The fraction of sp³-hybridized carbons (Fsp3) is 0.649. The molecule has 0 aliphatic carbocycles. The van der Waals surface area contributed by atoms with Gasteiger partial charge in [-0.25, -0.2) is 0 Å². The third-order valence-electron chi connectivity index (χ3n) is 10.0. The van der Waals surface area contributed by atoms with Crippen molar-refractivity contribution in [3.8, 4) is 0 Å². The van der Waals surface area contributed by atoms with Crippen LogP contribution in [0.25, 0.3) is 0 Å². The average molecular weight is 622 g/mol. The van der Waals surface area contributed by atoms with E-state index in [9.17, 15) is 19.5 Å². The van der Waals surface area contributed by atoms with Gasteiger partial charge in [0.25, 0.3) is 0 Å². The molecule has 3 saturated heterocycles. The molecule has 2 bridgehead atoms. The fourth-order valence-electron chi connectivity index (χ4n) is 8.60. The van der Waals surface area contributed by atoms with E-state index in [1.807, 2.05) is 42.2 Å². The van der Waals surface area contributed by atoms with Crippen molar-refractivity contribution in [2.24, 2.45) is 17.3 Å². The predicted molar refractivity (Wildman–Crippen MR) is 179 cm³/mol. The molecule has 1 aromatic carbocycles. The molecule has 8 nitrogen and oxygen atoms in total. The zero-order chi connectivity index (χ0) is 33.2. The summed E-state index contributed by atoms with van der Waals surface area (Å²) in [5.41, 5.74) is -1.79. The molecule has 0 radical (unpaired) electrons. The highest BCUT2D eigenvalue weighted by atomic mass is 16.5. The standard InChI is InChI=1S/C37H55N3O5/c1-9-22-38(27-18-14-13-15-19-27)31(42)28-29-32(43)39(24-16-11-12-17-25-41)30(37(29)21-20-36(28,8)45-37)33(44)40(23-10-2)35(6,7)26-34(3,4)5/h9-10,13-15,18-19,28-30,41H,1-2,11-12,16-17,20-26H2,3-8H3/t28-,29-,30?,36+,37?/m0/s1. The first-order valence-electron chi connectivity index (χ1n) is 16.7. The highest BCUT2D eigenvalue weighted by Crippen LogP contribution is 2.63. The van der Waals surface area contributed by atoms with Crippen molar-refractivity contribution in [2.45, 2.75) is 109 Å². The Bertz CT molecular complexity index is 1260. The van der Waals surface area contributed by atoms with Crippen molar-refractivity contribution in [1.29, 1.82) is 0 Å². The third-order valence-corrected chi connectivity index (χ3v) is 10.0. The van der Waals surface area contributed by atoms with Gasteiger partial charge in [0.2, 0.25) is 17.7 Å². The fourth-order valence-corrected chi connectivity index (χ4v) is 8.60. The van der Waals surface area contributed by atoms with Crippen LogP contribution in [-0.2, 0) is 19.1 Å². The van der Waals surface area contributed by atoms with E-state index in [0.717, 1.165) is 24.9 Å². The minimum atomic E-state index is -1.10. The second-order valence-corrected chi connectivity index (χ2v) is 15.3. The van der Waals surface area contributed by atoms with Gasteiger partial charge >= 0.3 is 0 Å². The number of benzene rings is 1. The van der Waals surface area contributed by atoms with E-state index in [1.165, 1.54) is 0 Å². The highest BCUT2D eigenvalue weighted by molar-refractivity contribution is 6.03. The Morgan fingerprint density at radius 2 is 1.64 bits per heavy atom.